The molecule has 1 fully saturated rings. The highest BCUT2D eigenvalue weighted by Crippen LogP contribution is 2.48. The lowest BCUT2D eigenvalue weighted by Gasteiger charge is -2.16. The number of fused-ring (bicyclic) bond motifs is 1. The lowest BCUT2D eigenvalue weighted by Crippen LogP contribution is -2.27. The van der Waals surface area contributed by atoms with E-state index in [4.69, 9.17) is 4.98 Å². The van der Waals surface area contributed by atoms with Gasteiger partial charge in [-0.05, 0) is 53.7 Å². The molecule has 3 aromatic carbocycles. The zero-order valence-electron chi connectivity index (χ0n) is 20.5. The molecule has 2 heterocycles. The first kappa shape index (κ1) is 22.9. The summed E-state index contributed by atoms with van der Waals surface area (Å²) < 4.78 is 1.77. The summed E-state index contributed by atoms with van der Waals surface area (Å²) in [5.41, 5.74) is 5.42. The highest BCUT2D eigenvalue weighted by atomic mass is 16.3. The molecule has 0 radical (unpaired) electrons. The van der Waals surface area contributed by atoms with Crippen LogP contribution in [0.5, 0.6) is 5.75 Å². The second kappa shape index (κ2) is 9.13. The number of anilines is 2. The van der Waals surface area contributed by atoms with Crippen molar-refractivity contribution in [2.24, 2.45) is 0 Å². The smallest absolute Gasteiger partial charge is 0.235 e. The Hall–Kier alpha value is -4.59. The van der Waals surface area contributed by atoms with Gasteiger partial charge in [0.2, 0.25) is 5.91 Å². The molecule has 0 spiro atoms. The van der Waals surface area contributed by atoms with Gasteiger partial charge in [-0.25, -0.2) is 4.98 Å². The molecule has 0 aliphatic heterocycles. The minimum Gasteiger partial charge on any atom is -0.507 e. The quantitative estimate of drug-likeness (QED) is 0.305. The maximum absolute atomic E-state index is 13.2. The van der Waals surface area contributed by atoms with Crippen molar-refractivity contribution in [3.63, 3.8) is 0 Å². The van der Waals surface area contributed by atoms with Gasteiger partial charge in [0, 0.05) is 30.1 Å². The Balaban J connectivity index is 1.23. The summed E-state index contributed by atoms with van der Waals surface area (Å²) >= 11 is 0. The number of nitrogens with one attached hydrogen (secondary N) is 2. The van der Waals surface area contributed by atoms with Crippen LogP contribution in [-0.4, -0.2) is 33.5 Å². The Morgan fingerprint density at radius 3 is 2.57 bits per heavy atom. The molecule has 3 N–H and O–H groups in total. The number of phenols is 1. The fourth-order valence-corrected chi connectivity index (χ4v) is 4.76. The first-order valence-corrected chi connectivity index (χ1v) is 12.4. The van der Waals surface area contributed by atoms with Crippen molar-refractivity contribution in [2.75, 3.05) is 10.6 Å². The van der Waals surface area contributed by atoms with Crippen molar-refractivity contribution >= 4 is 36.4 Å². The molecule has 0 bridgehead atoms. The second-order valence-electron chi connectivity index (χ2n) is 9.56. The number of benzene rings is 3. The Morgan fingerprint density at radius 1 is 1.00 bits per heavy atom. The van der Waals surface area contributed by atoms with E-state index in [9.17, 15) is 9.90 Å². The number of phenolic OH excluding ortho intramolecular Hbond substituents is 1. The van der Waals surface area contributed by atoms with Gasteiger partial charge in [0.15, 0.2) is 5.65 Å². The summed E-state index contributed by atoms with van der Waals surface area (Å²) in [6.07, 6.45) is 3.51. The van der Waals surface area contributed by atoms with E-state index in [0.717, 1.165) is 46.6 Å². The van der Waals surface area contributed by atoms with Crippen molar-refractivity contribution in [1.82, 2.24) is 14.6 Å². The molecule has 0 atom stereocenters. The molecule has 182 valence electrons. The molecule has 1 aliphatic carbocycles. The van der Waals surface area contributed by atoms with Crippen LogP contribution in [0.15, 0.2) is 91.1 Å². The first-order valence-electron chi connectivity index (χ1n) is 12.4. The molecular weight excluding hydrogens is 461 g/mol. The highest BCUT2D eigenvalue weighted by Gasteiger charge is 2.51. The van der Waals surface area contributed by atoms with Crippen molar-refractivity contribution in [2.45, 2.75) is 24.8 Å². The van der Waals surface area contributed by atoms with Crippen molar-refractivity contribution in [1.29, 1.82) is 0 Å². The van der Waals surface area contributed by atoms with Crippen LogP contribution >= 0.6 is 0 Å². The SMILES string of the molecule is Bc1cnn2c(NCc3cccc(NC(=O)C4(c5ccccc5)CC4)c3)cc(-c3ccccc3O)nc12. The largest absolute Gasteiger partial charge is 0.507 e. The summed E-state index contributed by atoms with van der Waals surface area (Å²) in [6.45, 7) is 0.520. The lowest BCUT2D eigenvalue weighted by atomic mass is 9.95. The number of aromatic nitrogens is 3. The van der Waals surface area contributed by atoms with Gasteiger partial charge in [0.25, 0.3) is 0 Å². The number of hydrogen-bond donors (Lipinski definition) is 3. The third-order valence-corrected chi connectivity index (χ3v) is 7.00. The topological polar surface area (TPSA) is 91.5 Å². The molecule has 7 nitrogen and oxygen atoms in total. The molecule has 2 aromatic heterocycles. The fourth-order valence-electron chi connectivity index (χ4n) is 4.76. The number of nitrogens with zero attached hydrogens (tertiary/aromatic N) is 3. The third kappa shape index (κ3) is 4.31. The third-order valence-electron chi connectivity index (χ3n) is 7.00. The minimum absolute atomic E-state index is 0.0407. The monoisotopic (exact) mass is 487 g/mol. The normalized spacial score (nSPS) is 13.8. The first-order chi connectivity index (χ1) is 18.0. The molecule has 1 aliphatic rings. The highest BCUT2D eigenvalue weighted by molar-refractivity contribution is 6.36. The van der Waals surface area contributed by atoms with Gasteiger partial charge in [-0.2, -0.15) is 9.61 Å². The van der Waals surface area contributed by atoms with Crippen LogP contribution in [0.4, 0.5) is 11.5 Å². The molecule has 1 saturated carbocycles. The Labute approximate surface area is 215 Å². The van der Waals surface area contributed by atoms with E-state index < -0.39 is 5.41 Å². The molecule has 5 aromatic rings. The van der Waals surface area contributed by atoms with E-state index in [2.05, 4.69) is 15.7 Å². The van der Waals surface area contributed by atoms with Gasteiger partial charge < -0.3 is 15.7 Å². The van der Waals surface area contributed by atoms with Gasteiger partial charge in [0.05, 0.1) is 11.1 Å². The number of carbonyl (C=O) groups is 1. The van der Waals surface area contributed by atoms with E-state index in [1.807, 2.05) is 80.6 Å². The van der Waals surface area contributed by atoms with Crippen molar-refractivity contribution < 1.29 is 9.90 Å². The van der Waals surface area contributed by atoms with Crippen LogP contribution in [0.1, 0.15) is 24.0 Å². The van der Waals surface area contributed by atoms with Gasteiger partial charge in [-0.15, -0.1) is 0 Å². The van der Waals surface area contributed by atoms with Crippen LogP contribution < -0.4 is 16.1 Å². The van der Waals surface area contributed by atoms with Gasteiger partial charge in [-0.1, -0.05) is 54.6 Å². The summed E-state index contributed by atoms with van der Waals surface area (Å²) in [6, 6.07) is 26.9. The standard InChI is InChI=1S/C29H26BN5O2/c30-23-18-32-35-26(16-24(34-27(23)35)22-11-4-5-12-25(22)36)31-17-19-7-6-10-21(15-19)33-28(37)29(13-14-29)20-8-2-1-3-9-20/h1-12,15-16,18,31,36H,13-14,17,30H2,(H,33,37). The van der Waals surface area contributed by atoms with Crippen LogP contribution in [0, 0.1) is 0 Å². The average molecular weight is 487 g/mol. The van der Waals surface area contributed by atoms with Gasteiger partial charge in [-0.3, -0.25) is 4.79 Å². The zero-order valence-corrected chi connectivity index (χ0v) is 20.5. The van der Waals surface area contributed by atoms with E-state index in [1.165, 1.54) is 0 Å². The van der Waals surface area contributed by atoms with Crippen molar-refractivity contribution in [3.8, 4) is 17.0 Å². The molecule has 0 saturated heterocycles. The number of carbonyl (C=O) groups excluding carboxylic acids is 1. The molecule has 8 heteroatoms. The van der Waals surface area contributed by atoms with Crippen LogP contribution in [0.2, 0.25) is 0 Å². The van der Waals surface area contributed by atoms with Crippen LogP contribution in [0.3, 0.4) is 0 Å². The van der Waals surface area contributed by atoms with E-state index in [0.29, 0.717) is 17.8 Å². The number of hydrogen-bond acceptors (Lipinski definition) is 5. The van der Waals surface area contributed by atoms with E-state index in [-0.39, 0.29) is 11.7 Å². The number of rotatable bonds is 7. The van der Waals surface area contributed by atoms with Crippen LogP contribution in [0.25, 0.3) is 16.9 Å². The molecule has 6 rings (SSSR count). The summed E-state index contributed by atoms with van der Waals surface area (Å²) in [5.74, 6) is 0.973. The molecule has 37 heavy (non-hydrogen) atoms. The number of aromatic hydroxyl groups is 1. The summed E-state index contributed by atoms with van der Waals surface area (Å²) in [4.78, 5) is 17.9. The number of para-hydroxylation sites is 1. The Morgan fingerprint density at radius 2 is 1.78 bits per heavy atom. The maximum atomic E-state index is 13.2. The molecular formula is C29H26BN5O2. The number of amides is 1. The lowest BCUT2D eigenvalue weighted by molar-refractivity contribution is -0.118. The van der Waals surface area contributed by atoms with Crippen molar-refractivity contribution in [3.05, 3.63) is 102 Å². The Bertz CT molecular complexity index is 1610. The maximum Gasteiger partial charge on any atom is 0.235 e. The minimum atomic E-state index is -0.421. The van der Waals surface area contributed by atoms with Crippen LogP contribution in [-0.2, 0) is 16.8 Å². The predicted octanol–water partition coefficient (Wildman–Crippen LogP) is 3.64. The fraction of sp³-hybridized carbons (Fsp3) is 0.138. The zero-order chi connectivity index (χ0) is 25.4. The summed E-state index contributed by atoms with van der Waals surface area (Å²) in [7, 11) is 1.96. The summed E-state index contributed by atoms with van der Waals surface area (Å²) in [5, 5.41) is 21.4. The average Bonchev–Trinajstić information content (AvgIpc) is 3.66. The predicted molar refractivity (Wildman–Crippen MR) is 148 cm³/mol. The Kier molecular flexibility index (Phi) is 5.64. The molecule has 1 amide bonds. The van der Waals surface area contributed by atoms with Gasteiger partial charge in [0.1, 0.15) is 19.4 Å². The van der Waals surface area contributed by atoms with E-state index >= 15 is 0 Å². The second-order valence-corrected chi connectivity index (χ2v) is 9.56. The van der Waals surface area contributed by atoms with E-state index in [1.54, 1.807) is 22.8 Å². The molecule has 0 unspecified atom stereocenters. The van der Waals surface area contributed by atoms with Gasteiger partial charge >= 0.3 is 0 Å².